The molecule has 4 nitrogen and oxygen atoms in total. The van der Waals surface area contributed by atoms with Gasteiger partial charge in [-0.1, -0.05) is 119 Å². The van der Waals surface area contributed by atoms with Gasteiger partial charge in [0.15, 0.2) is 0 Å². The lowest BCUT2D eigenvalue weighted by Crippen LogP contribution is -2.60. The number of benzene rings is 5. The van der Waals surface area contributed by atoms with E-state index in [2.05, 4.69) is 88.9 Å². The van der Waals surface area contributed by atoms with Crippen molar-refractivity contribution in [1.29, 1.82) is 0 Å². The highest BCUT2D eigenvalue weighted by Crippen LogP contribution is 2.49. The largest absolute Gasteiger partial charge is 0.468 e. The molecule has 2 aliphatic rings. The average molecular weight is 746 g/mol. The molecule has 5 aromatic carbocycles. The molecule has 0 fully saturated rings. The van der Waals surface area contributed by atoms with Crippen molar-refractivity contribution in [3.8, 4) is 0 Å². The summed E-state index contributed by atoms with van der Waals surface area (Å²) in [5.74, 6) is 0.345. The first kappa shape index (κ1) is 29.1. The third-order valence-electron chi connectivity index (χ3n) is 11.4. The van der Waals surface area contributed by atoms with Gasteiger partial charge in [0, 0.05) is 39.0 Å². The Morgan fingerprint density at radius 2 is 1.09 bits per heavy atom. The fraction of sp³-hybridized carbons (Fsp3) is 0.333. The van der Waals surface area contributed by atoms with Gasteiger partial charge in [-0.3, -0.25) is 4.90 Å². The highest BCUT2D eigenvalue weighted by atomic mass is 16.4. The summed E-state index contributed by atoms with van der Waals surface area (Å²) >= 11 is 0. The van der Waals surface area contributed by atoms with Gasteiger partial charge in [0.2, 0.25) is 5.88 Å². The zero-order valence-corrected chi connectivity index (χ0v) is 35.0. The Labute approximate surface area is 343 Å². The van der Waals surface area contributed by atoms with E-state index in [0.29, 0.717) is 50.5 Å². The van der Waals surface area contributed by atoms with Crippen LogP contribution in [0.2, 0.25) is 0 Å². The minimum atomic E-state index is -0.667. The fourth-order valence-corrected chi connectivity index (χ4v) is 8.18. The predicted molar refractivity (Wildman–Crippen MR) is 240 cm³/mol. The van der Waals surface area contributed by atoms with E-state index < -0.39 is 17.5 Å². The third-order valence-corrected chi connectivity index (χ3v) is 11.4. The molecule has 0 saturated heterocycles. The first-order valence-electron chi connectivity index (χ1n) is 23.2. The Balaban J connectivity index is 1.49. The minimum Gasteiger partial charge on any atom is -0.468 e. The van der Waals surface area contributed by atoms with E-state index in [-0.39, 0.29) is 64.4 Å². The number of anilines is 6. The van der Waals surface area contributed by atoms with Crippen LogP contribution in [0.1, 0.15) is 120 Å². The molecule has 0 N–H and O–H groups in total. The predicted octanol–water partition coefficient (Wildman–Crippen LogP) is 12.8. The van der Waals surface area contributed by atoms with Gasteiger partial charge in [-0.15, -0.1) is 0 Å². The summed E-state index contributed by atoms with van der Waals surface area (Å²) < 4.78 is 80.6. The first-order chi connectivity index (χ1) is 29.1. The van der Waals surface area contributed by atoms with Crippen molar-refractivity contribution in [3.63, 3.8) is 0 Å². The van der Waals surface area contributed by atoms with Gasteiger partial charge in [-0.2, -0.15) is 0 Å². The van der Waals surface area contributed by atoms with E-state index in [1.807, 2.05) is 60.6 Å². The standard InChI is InChI=1S/C51H55BN2O2/c1-30-26-39-44-40(27-30)54(36-22-16-32(17-23-36)49(5,6)7)47-43(37-28-33(50(8,9)10)18-24-41(37)56-47)52(44)46-45(38-29-34(51(11,12)13)19-25-42(38)55-46)53(39)35-20-14-31(15-21-35)48(2,3)4/h14-29H,1-13H3/i16D,17D,19D,22D,23D,25D,29D. The summed E-state index contributed by atoms with van der Waals surface area (Å²) in [5.41, 5.74) is 7.85. The highest BCUT2D eigenvalue weighted by Gasteiger charge is 2.49. The molecule has 0 radical (unpaired) electrons. The molecule has 9 rings (SSSR count). The van der Waals surface area contributed by atoms with E-state index in [4.69, 9.17) is 8.83 Å². The van der Waals surface area contributed by atoms with Crippen LogP contribution in [0.25, 0.3) is 21.9 Å². The lowest BCUT2D eigenvalue weighted by molar-refractivity contribution is 0.589. The lowest BCUT2D eigenvalue weighted by Gasteiger charge is -2.41. The molecular formula is C51H55BN2O2. The molecule has 0 atom stereocenters. The molecule has 2 aromatic heterocycles. The van der Waals surface area contributed by atoms with E-state index in [9.17, 15) is 9.60 Å². The van der Waals surface area contributed by atoms with Crippen LogP contribution in [0.5, 0.6) is 0 Å². The zero-order chi connectivity index (χ0) is 45.9. The zero-order valence-electron chi connectivity index (χ0n) is 42.0. The summed E-state index contributed by atoms with van der Waals surface area (Å²) in [6.07, 6.45) is 0. The van der Waals surface area contributed by atoms with Crippen LogP contribution in [0, 0.1) is 6.92 Å². The maximum atomic E-state index is 9.91. The van der Waals surface area contributed by atoms with Crippen molar-refractivity contribution in [3.05, 3.63) is 125 Å². The van der Waals surface area contributed by atoms with Crippen LogP contribution in [0.3, 0.4) is 0 Å². The summed E-state index contributed by atoms with van der Waals surface area (Å²) in [6, 6.07) is 18.1. The lowest BCUT2D eigenvalue weighted by atomic mass is 9.35. The van der Waals surface area contributed by atoms with Gasteiger partial charge >= 0.3 is 6.71 Å². The van der Waals surface area contributed by atoms with E-state index in [1.165, 1.54) is 0 Å². The molecule has 284 valence electrons. The Hall–Kier alpha value is -5.16. The molecule has 5 heteroatoms. The Kier molecular flexibility index (Phi) is 6.21. The molecule has 56 heavy (non-hydrogen) atoms. The quantitative estimate of drug-likeness (QED) is 0.165. The van der Waals surface area contributed by atoms with Gasteiger partial charge in [0.25, 0.3) is 0 Å². The van der Waals surface area contributed by atoms with Gasteiger partial charge < -0.3 is 13.7 Å². The summed E-state index contributed by atoms with van der Waals surface area (Å²) in [7, 11) is 0. The molecular weight excluding hydrogens is 683 g/mol. The number of hydrogen-bond donors (Lipinski definition) is 0. The summed E-state index contributed by atoms with van der Waals surface area (Å²) in [6.45, 7) is 25.9. The third kappa shape index (κ3) is 5.64. The minimum absolute atomic E-state index is 0.0395. The average Bonchev–Trinajstić information content (AvgIpc) is 3.75. The Morgan fingerprint density at radius 3 is 1.70 bits per heavy atom. The number of hydrogen-bond acceptors (Lipinski definition) is 4. The molecule has 0 aliphatic carbocycles. The molecule has 7 aromatic rings. The Morgan fingerprint density at radius 1 is 0.518 bits per heavy atom. The second-order valence-corrected chi connectivity index (χ2v) is 19.9. The second-order valence-electron chi connectivity index (χ2n) is 19.9. The number of rotatable bonds is 2. The van der Waals surface area contributed by atoms with Crippen LogP contribution in [-0.2, 0) is 21.7 Å². The Bertz CT molecular complexity index is 3070. The summed E-state index contributed by atoms with van der Waals surface area (Å²) in [4.78, 5) is 3.90. The van der Waals surface area contributed by atoms with Crippen molar-refractivity contribution in [2.75, 3.05) is 9.80 Å². The topological polar surface area (TPSA) is 32.8 Å². The summed E-state index contributed by atoms with van der Waals surface area (Å²) in [5, 5.41) is 1.25. The van der Waals surface area contributed by atoms with Crippen LogP contribution < -0.4 is 26.4 Å². The van der Waals surface area contributed by atoms with Crippen molar-refractivity contribution in [2.45, 2.75) is 112 Å². The van der Waals surface area contributed by atoms with E-state index in [1.54, 1.807) is 4.90 Å². The molecule has 4 heterocycles. The maximum absolute atomic E-state index is 9.91. The van der Waals surface area contributed by atoms with Gasteiger partial charge in [-0.05, 0) is 122 Å². The van der Waals surface area contributed by atoms with Crippen molar-refractivity contribution >= 4 is 79.6 Å². The number of fused-ring (bicyclic) bond motifs is 8. The van der Waals surface area contributed by atoms with Crippen molar-refractivity contribution in [2.24, 2.45) is 0 Å². The number of furan rings is 2. The van der Waals surface area contributed by atoms with Crippen LogP contribution in [0.15, 0.2) is 106 Å². The van der Waals surface area contributed by atoms with E-state index >= 15 is 0 Å². The van der Waals surface area contributed by atoms with Gasteiger partial charge in [0.1, 0.15) is 11.2 Å². The van der Waals surface area contributed by atoms with Crippen LogP contribution in [-0.4, -0.2) is 6.71 Å². The number of aryl methyl sites for hydroxylation is 1. The van der Waals surface area contributed by atoms with Crippen LogP contribution in [0.4, 0.5) is 34.3 Å². The van der Waals surface area contributed by atoms with Crippen molar-refractivity contribution in [1.82, 2.24) is 0 Å². The van der Waals surface area contributed by atoms with Gasteiger partial charge in [0.05, 0.1) is 20.9 Å². The maximum Gasteiger partial charge on any atom is 0.302 e. The fourth-order valence-electron chi connectivity index (χ4n) is 8.18. The molecule has 0 amide bonds. The smallest absolute Gasteiger partial charge is 0.302 e. The van der Waals surface area contributed by atoms with Gasteiger partial charge in [-0.25, -0.2) is 0 Å². The molecule has 2 aliphatic heterocycles. The first-order valence-corrected chi connectivity index (χ1v) is 19.7. The van der Waals surface area contributed by atoms with E-state index in [0.717, 1.165) is 38.9 Å². The van der Waals surface area contributed by atoms with Crippen LogP contribution >= 0.6 is 0 Å². The molecule has 0 saturated carbocycles. The van der Waals surface area contributed by atoms with Crippen molar-refractivity contribution < 1.29 is 18.4 Å². The highest BCUT2D eigenvalue weighted by molar-refractivity contribution is 7.01. The molecule has 0 unspecified atom stereocenters. The molecule has 0 spiro atoms. The second kappa shape index (κ2) is 11.9. The molecule has 0 bridgehead atoms. The number of nitrogens with zero attached hydrogens (tertiary/aromatic N) is 2. The monoisotopic (exact) mass is 745 g/mol. The normalized spacial score (nSPS) is 16.2. The SMILES string of the molecule is [2H]c1c([2H])c(C(C)(C)C)c([2H])c([2H])c1N1c2cc(C)cc3c2B(c2oc4c([2H])c([2H])c(C(C)(C)C)c([2H])c4c2N3c2ccc(C(C)(C)C)cc2)c2c1oc1ccc(C(C)(C)C)cc21.